The zero-order valence-corrected chi connectivity index (χ0v) is 10.8. The molecule has 5 nitrogen and oxygen atoms in total. The van der Waals surface area contributed by atoms with Crippen LogP contribution < -0.4 is 4.74 Å². The van der Waals surface area contributed by atoms with Gasteiger partial charge in [0.25, 0.3) is 0 Å². The van der Waals surface area contributed by atoms with Gasteiger partial charge in [-0.3, -0.25) is 14.9 Å². The smallest absolute Gasteiger partial charge is 0.311 e. The number of fused-ring (bicyclic) bond motifs is 1. The van der Waals surface area contributed by atoms with Gasteiger partial charge in [0.05, 0.1) is 4.92 Å². The van der Waals surface area contributed by atoms with E-state index >= 15 is 0 Å². The molecule has 0 bridgehead atoms. The monoisotopic (exact) mass is 287 g/mol. The van der Waals surface area contributed by atoms with E-state index in [9.17, 15) is 19.3 Å². The minimum absolute atomic E-state index is 0.0849. The fourth-order valence-electron chi connectivity index (χ4n) is 2.33. The third-order valence-electron chi connectivity index (χ3n) is 3.36. The van der Waals surface area contributed by atoms with Crippen LogP contribution >= 0.6 is 0 Å². The highest BCUT2D eigenvalue weighted by atomic mass is 19.1. The van der Waals surface area contributed by atoms with Crippen molar-refractivity contribution in [2.24, 2.45) is 0 Å². The lowest BCUT2D eigenvalue weighted by atomic mass is 10.1. The maximum atomic E-state index is 13.6. The van der Waals surface area contributed by atoms with E-state index < -0.39 is 10.7 Å². The maximum Gasteiger partial charge on any atom is 0.311 e. The van der Waals surface area contributed by atoms with Crippen LogP contribution in [0, 0.1) is 15.9 Å². The summed E-state index contributed by atoms with van der Waals surface area (Å²) in [6.45, 7) is 0. The van der Waals surface area contributed by atoms with E-state index in [0.29, 0.717) is 24.0 Å². The normalized spacial score (nSPS) is 13.1. The molecule has 1 aliphatic rings. The zero-order chi connectivity index (χ0) is 15.0. The van der Waals surface area contributed by atoms with Crippen LogP contribution in [0.25, 0.3) is 0 Å². The van der Waals surface area contributed by atoms with E-state index in [-0.39, 0.29) is 23.0 Å². The fourth-order valence-corrected chi connectivity index (χ4v) is 2.33. The Morgan fingerprint density at radius 2 is 1.90 bits per heavy atom. The molecule has 6 heteroatoms. The Kier molecular flexibility index (Phi) is 3.13. The molecule has 21 heavy (non-hydrogen) atoms. The summed E-state index contributed by atoms with van der Waals surface area (Å²) in [5, 5.41) is 11.1. The minimum Gasteiger partial charge on any atom is -0.447 e. The number of carbonyl (C=O) groups is 1. The summed E-state index contributed by atoms with van der Waals surface area (Å²) < 4.78 is 18.9. The lowest BCUT2D eigenvalue weighted by Crippen LogP contribution is -1.99. The maximum absolute atomic E-state index is 13.6. The van der Waals surface area contributed by atoms with Crippen molar-refractivity contribution in [3.8, 4) is 11.5 Å². The molecular weight excluding hydrogens is 277 g/mol. The van der Waals surface area contributed by atoms with Gasteiger partial charge in [-0.1, -0.05) is 12.1 Å². The van der Waals surface area contributed by atoms with Gasteiger partial charge in [-0.05, 0) is 30.2 Å². The topological polar surface area (TPSA) is 69.4 Å². The van der Waals surface area contributed by atoms with E-state index in [1.54, 1.807) is 6.07 Å². The molecule has 0 saturated heterocycles. The summed E-state index contributed by atoms with van der Waals surface area (Å²) in [5.74, 6) is -0.956. The van der Waals surface area contributed by atoms with Gasteiger partial charge in [-0.15, -0.1) is 0 Å². The van der Waals surface area contributed by atoms with Crippen LogP contribution in [0.15, 0.2) is 36.4 Å². The van der Waals surface area contributed by atoms with Gasteiger partial charge in [0.15, 0.2) is 17.3 Å². The number of para-hydroxylation sites is 1. The fraction of sp³-hybridized carbons (Fsp3) is 0.133. The number of ether oxygens (including phenoxy) is 1. The number of Topliss-reactive ketones (excluding diaryl/α,β-unsaturated/α-hetero) is 1. The summed E-state index contributed by atoms with van der Waals surface area (Å²) in [5.41, 5.74) is 0.770. The van der Waals surface area contributed by atoms with Gasteiger partial charge in [0.1, 0.15) is 0 Å². The molecule has 0 aromatic heterocycles. The van der Waals surface area contributed by atoms with Gasteiger partial charge in [0, 0.05) is 18.1 Å². The third-order valence-corrected chi connectivity index (χ3v) is 3.36. The number of halogens is 1. The molecule has 2 aromatic rings. The minimum atomic E-state index is -0.626. The Hall–Kier alpha value is -2.76. The highest BCUT2D eigenvalue weighted by Crippen LogP contribution is 2.37. The first-order valence-electron chi connectivity index (χ1n) is 6.33. The van der Waals surface area contributed by atoms with Crippen molar-refractivity contribution in [2.75, 3.05) is 0 Å². The first kappa shape index (κ1) is 13.2. The van der Waals surface area contributed by atoms with E-state index in [2.05, 4.69) is 0 Å². The molecule has 0 fully saturated rings. The summed E-state index contributed by atoms with van der Waals surface area (Å²) in [4.78, 5) is 22.2. The average molecular weight is 287 g/mol. The van der Waals surface area contributed by atoms with Crippen molar-refractivity contribution in [3.05, 3.63) is 63.5 Å². The van der Waals surface area contributed by atoms with Crippen LogP contribution in [0.5, 0.6) is 11.5 Å². The van der Waals surface area contributed by atoms with Gasteiger partial charge in [0.2, 0.25) is 5.75 Å². The standard InChI is InChI=1S/C15H10FNO4/c16-11-3-1-2-4-14(11)21-15-8-10-9(5-6-13(10)18)7-12(15)17(19)20/h1-4,7-8H,5-6H2. The Balaban J connectivity index is 2.09. The first-order chi connectivity index (χ1) is 10.1. The highest BCUT2D eigenvalue weighted by molar-refractivity contribution is 6.01. The van der Waals surface area contributed by atoms with Crippen molar-refractivity contribution < 1.29 is 18.8 Å². The molecule has 0 aliphatic heterocycles. The number of rotatable bonds is 3. The van der Waals surface area contributed by atoms with Gasteiger partial charge < -0.3 is 4.74 Å². The Labute approximate surface area is 119 Å². The van der Waals surface area contributed by atoms with Crippen molar-refractivity contribution >= 4 is 11.5 Å². The highest BCUT2D eigenvalue weighted by Gasteiger charge is 2.27. The molecule has 0 atom stereocenters. The Bertz CT molecular complexity index is 757. The molecule has 0 spiro atoms. The number of ketones is 1. The van der Waals surface area contributed by atoms with E-state index in [1.807, 2.05) is 0 Å². The molecule has 0 amide bonds. The first-order valence-corrected chi connectivity index (χ1v) is 6.33. The van der Waals surface area contributed by atoms with Crippen LogP contribution in [-0.2, 0) is 6.42 Å². The summed E-state index contributed by atoms with van der Waals surface area (Å²) in [6, 6.07) is 8.27. The van der Waals surface area contributed by atoms with Crippen LogP contribution in [0.2, 0.25) is 0 Å². The number of aryl methyl sites for hydroxylation is 1. The van der Waals surface area contributed by atoms with Crippen LogP contribution in [0.1, 0.15) is 22.3 Å². The molecule has 2 aromatic carbocycles. The van der Waals surface area contributed by atoms with Crippen molar-refractivity contribution in [1.29, 1.82) is 0 Å². The second kappa shape index (κ2) is 4.97. The van der Waals surface area contributed by atoms with Crippen molar-refractivity contribution in [2.45, 2.75) is 12.8 Å². The quantitative estimate of drug-likeness (QED) is 0.638. The molecule has 0 heterocycles. The molecule has 106 valence electrons. The summed E-state index contributed by atoms with van der Waals surface area (Å²) in [6.07, 6.45) is 0.810. The molecule has 3 rings (SSSR count). The Morgan fingerprint density at radius 1 is 1.14 bits per heavy atom. The predicted octanol–water partition coefficient (Wildman–Crippen LogP) is 3.66. The number of nitro benzene ring substituents is 1. The molecular formula is C15H10FNO4. The second-order valence-electron chi connectivity index (χ2n) is 4.69. The van der Waals surface area contributed by atoms with E-state index in [0.717, 1.165) is 0 Å². The van der Waals surface area contributed by atoms with Crippen molar-refractivity contribution in [1.82, 2.24) is 0 Å². The predicted molar refractivity (Wildman–Crippen MR) is 72.2 cm³/mol. The number of nitrogens with zero attached hydrogens (tertiary/aromatic N) is 1. The van der Waals surface area contributed by atoms with E-state index in [1.165, 1.54) is 30.3 Å². The number of hydrogen-bond donors (Lipinski definition) is 0. The third kappa shape index (κ3) is 2.35. The largest absolute Gasteiger partial charge is 0.447 e. The molecule has 0 saturated carbocycles. The molecule has 1 aliphatic carbocycles. The zero-order valence-electron chi connectivity index (χ0n) is 10.8. The summed E-state index contributed by atoms with van der Waals surface area (Å²) >= 11 is 0. The van der Waals surface area contributed by atoms with Crippen molar-refractivity contribution in [3.63, 3.8) is 0 Å². The lowest BCUT2D eigenvalue weighted by molar-refractivity contribution is -0.385. The van der Waals surface area contributed by atoms with Gasteiger partial charge in [-0.25, -0.2) is 4.39 Å². The average Bonchev–Trinajstić information content (AvgIpc) is 2.81. The Morgan fingerprint density at radius 3 is 2.62 bits per heavy atom. The number of hydrogen-bond acceptors (Lipinski definition) is 4. The van der Waals surface area contributed by atoms with Crippen LogP contribution in [0.3, 0.4) is 0 Å². The molecule has 0 unspecified atom stereocenters. The summed E-state index contributed by atoms with van der Waals surface area (Å²) in [7, 11) is 0. The number of benzene rings is 2. The van der Waals surface area contributed by atoms with Gasteiger partial charge >= 0.3 is 5.69 Å². The van der Waals surface area contributed by atoms with E-state index in [4.69, 9.17) is 4.74 Å². The molecule has 0 N–H and O–H groups in total. The van der Waals surface area contributed by atoms with Crippen LogP contribution in [-0.4, -0.2) is 10.7 Å². The molecule has 0 radical (unpaired) electrons. The lowest BCUT2D eigenvalue weighted by Gasteiger charge is -2.09. The number of carbonyl (C=O) groups excluding carboxylic acids is 1. The second-order valence-corrected chi connectivity index (χ2v) is 4.69. The van der Waals surface area contributed by atoms with Crippen LogP contribution in [0.4, 0.5) is 10.1 Å². The van der Waals surface area contributed by atoms with Gasteiger partial charge in [-0.2, -0.15) is 0 Å². The number of nitro groups is 1. The SMILES string of the molecule is O=C1CCc2cc([N+](=O)[O-])c(Oc3ccccc3F)cc21.